The van der Waals surface area contributed by atoms with Crippen LogP contribution in [0.15, 0.2) is 0 Å². The molecule has 0 aliphatic carbocycles. The largest absolute Gasteiger partial charge is 0.376 e. The third kappa shape index (κ3) is 4.04. The van der Waals surface area contributed by atoms with Gasteiger partial charge in [-0.25, -0.2) is 0 Å². The highest BCUT2D eigenvalue weighted by Gasteiger charge is 2.20. The third-order valence-corrected chi connectivity index (χ3v) is 1.78. The molecule has 0 saturated carbocycles. The van der Waals surface area contributed by atoms with Gasteiger partial charge in [-0.1, -0.05) is 0 Å². The van der Waals surface area contributed by atoms with E-state index in [0.29, 0.717) is 33.0 Å². The number of ether oxygens (including phenoxy) is 4. The van der Waals surface area contributed by atoms with Crippen molar-refractivity contribution < 1.29 is 18.9 Å². The number of rotatable bonds is 7. The lowest BCUT2D eigenvalue weighted by molar-refractivity contribution is -0.205. The molecule has 0 aromatic rings. The van der Waals surface area contributed by atoms with Crippen LogP contribution >= 0.6 is 0 Å². The van der Waals surface area contributed by atoms with Crippen molar-refractivity contribution in [3.63, 3.8) is 0 Å². The monoisotopic (exact) mass is 190 g/mol. The molecule has 1 aliphatic heterocycles. The van der Waals surface area contributed by atoms with E-state index in [9.17, 15) is 0 Å². The van der Waals surface area contributed by atoms with Gasteiger partial charge in [-0.05, 0) is 13.8 Å². The zero-order valence-corrected chi connectivity index (χ0v) is 8.32. The van der Waals surface area contributed by atoms with Crippen LogP contribution in [-0.4, -0.2) is 45.4 Å². The van der Waals surface area contributed by atoms with Crippen molar-refractivity contribution >= 4 is 0 Å². The Hall–Kier alpha value is -0.160. The highest BCUT2D eigenvalue weighted by molar-refractivity contribution is 4.64. The van der Waals surface area contributed by atoms with Gasteiger partial charge in [-0.3, -0.25) is 0 Å². The van der Waals surface area contributed by atoms with Crippen molar-refractivity contribution in [1.82, 2.24) is 0 Å². The first-order valence-electron chi connectivity index (χ1n) is 4.79. The van der Waals surface area contributed by atoms with Crippen molar-refractivity contribution in [1.29, 1.82) is 0 Å². The predicted octanol–water partition coefficient (Wildman–Crippen LogP) is 0.801. The van der Waals surface area contributed by atoms with Crippen molar-refractivity contribution in [2.45, 2.75) is 26.2 Å². The smallest absolute Gasteiger partial charge is 0.180 e. The van der Waals surface area contributed by atoms with Gasteiger partial charge in [0.15, 0.2) is 6.29 Å². The first-order valence-corrected chi connectivity index (χ1v) is 4.79. The molecule has 0 unspecified atom stereocenters. The van der Waals surface area contributed by atoms with E-state index in [2.05, 4.69) is 0 Å². The molecule has 0 bridgehead atoms. The fourth-order valence-corrected chi connectivity index (χ4v) is 1.04. The molecular formula is C9H18O4. The second kappa shape index (κ2) is 6.32. The Morgan fingerprint density at radius 2 is 1.85 bits per heavy atom. The summed E-state index contributed by atoms with van der Waals surface area (Å²) in [6.45, 7) is 7.08. The van der Waals surface area contributed by atoms with E-state index < -0.39 is 0 Å². The molecule has 1 heterocycles. The summed E-state index contributed by atoms with van der Waals surface area (Å²) < 4.78 is 21.1. The van der Waals surface area contributed by atoms with Gasteiger partial charge in [0.05, 0.1) is 19.8 Å². The summed E-state index contributed by atoms with van der Waals surface area (Å²) in [5.74, 6) is 0. The van der Waals surface area contributed by atoms with Gasteiger partial charge in [-0.15, -0.1) is 0 Å². The standard InChI is InChI=1S/C9H18O4/c1-3-11-9(12-4-2)7-13-8-5-10-6-8/h8-9H,3-7H2,1-2H3. The maximum atomic E-state index is 5.47. The first kappa shape index (κ1) is 10.9. The summed E-state index contributed by atoms with van der Waals surface area (Å²) in [5.41, 5.74) is 0. The quantitative estimate of drug-likeness (QED) is 0.556. The molecule has 1 saturated heterocycles. The Kier molecular flexibility index (Phi) is 5.31. The third-order valence-electron chi connectivity index (χ3n) is 1.78. The lowest BCUT2D eigenvalue weighted by atomic mass is 10.3. The van der Waals surface area contributed by atoms with E-state index in [0.717, 1.165) is 0 Å². The minimum Gasteiger partial charge on any atom is -0.376 e. The fraction of sp³-hybridized carbons (Fsp3) is 1.00. The molecule has 0 amide bonds. The SMILES string of the molecule is CCOC(COC1COC1)OCC. The maximum Gasteiger partial charge on any atom is 0.180 e. The summed E-state index contributed by atoms with van der Waals surface area (Å²) >= 11 is 0. The molecule has 1 rings (SSSR count). The topological polar surface area (TPSA) is 36.9 Å². The lowest BCUT2D eigenvalue weighted by Gasteiger charge is -2.27. The van der Waals surface area contributed by atoms with Gasteiger partial charge in [0.1, 0.15) is 6.10 Å². The van der Waals surface area contributed by atoms with Crippen LogP contribution in [0, 0.1) is 0 Å². The molecule has 0 radical (unpaired) electrons. The summed E-state index contributed by atoms with van der Waals surface area (Å²) in [7, 11) is 0. The predicted molar refractivity (Wildman–Crippen MR) is 47.6 cm³/mol. The summed E-state index contributed by atoms with van der Waals surface area (Å²) in [6.07, 6.45) is 0.0130. The van der Waals surface area contributed by atoms with Crippen LogP contribution in [0.5, 0.6) is 0 Å². The lowest BCUT2D eigenvalue weighted by Crippen LogP contribution is -2.39. The minimum absolute atomic E-state index is 0.226. The fourth-order valence-electron chi connectivity index (χ4n) is 1.04. The molecule has 0 aromatic carbocycles. The second-order valence-corrected chi connectivity index (χ2v) is 2.83. The van der Waals surface area contributed by atoms with Crippen molar-refractivity contribution in [3.05, 3.63) is 0 Å². The van der Waals surface area contributed by atoms with Crippen LogP contribution in [0.1, 0.15) is 13.8 Å². The Morgan fingerprint density at radius 1 is 1.23 bits per heavy atom. The molecular weight excluding hydrogens is 172 g/mol. The highest BCUT2D eigenvalue weighted by atomic mass is 16.7. The van der Waals surface area contributed by atoms with Crippen LogP contribution in [0.4, 0.5) is 0 Å². The zero-order valence-electron chi connectivity index (χ0n) is 8.32. The molecule has 0 aromatic heterocycles. The minimum atomic E-state index is -0.226. The van der Waals surface area contributed by atoms with E-state index in [4.69, 9.17) is 18.9 Å². The van der Waals surface area contributed by atoms with E-state index in [1.807, 2.05) is 13.8 Å². The van der Waals surface area contributed by atoms with Crippen molar-refractivity contribution in [2.24, 2.45) is 0 Å². The molecule has 4 nitrogen and oxygen atoms in total. The van der Waals surface area contributed by atoms with Gasteiger partial charge in [-0.2, -0.15) is 0 Å². The summed E-state index contributed by atoms with van der Waals surface area (Å²) in [4.78, 5) is 0. The van der Waals surface area contributed by atoms with Crippen LogP contribution in [0.2, 0.25) is 0 Å². The molecule has 0 atom stereocenters. The normalized spacial score (nSPS) is 17.8. The van der Waals surface area contributed by atoms with Crippen LogP contribution in [-0.2, 0) is 18.9 Å². The molecule has 1 fully saturated rings. The molecule has 13 heavy (non-hydrogen) atoms. The second-order valence-electron chi connectivity index (χ2n) is 2.83. The molecule has 1 aliphatic rings. The summed E-state index contributed by atoms with van der Waals surface area (Å²) in [6, 6.07) is 0. The number of hydrogen-bond acceptors (Lipinski definition) is 4. The van der Waals surface area contributed by atoms with E-state index in [1.54, 1.807) is 0 Å². The van der Waals surface area contributed by atoms with Crippen molar-refractivity contribution in [2.75, 3.05) is 33.0 Å². The molecule has 0 N–H and O–H groups in total. The van der Waals surface area contributed by atoms with Crippen LogP contribution in [0.3, 0.4) is 0 Å². The van der Waals surface area contributed by atoms with Gasteiger partial charge in [0.2, 0.25) is 0 Å². The van der Waals surface area contributed by atoms with Crippen molar-refractivity contribution in [3.8, 4) is 0 Å². The molecule has 78 valence electrons. The van der Waals surface area contributed by atoms with Gasteiger partial charge < -0.3 is 18.9 Å². The first-order chi connectivity index (χ1) is 6.36. The Bertz CT molecular complexity index is 119. The van der Waals surface area contributed by atoms with Gasteiger partial charge in [0, 0.05) is 13.2 Å². The maximum absolute atomic E-state index is 5.47. The van der Waals surface area contributed by atoms with Gasteiger partial charge in [0.25, 0.3) is 0 Å². The van der Waals surface area contributed by atoms with E-state index >= 15 is 0 Å². The van der Waals surface area contributed by atoms with E-state index in [1.165, 1.54) is 0 Å². The average molecular weight is 190 g/mol. The number of hydrogen-bond donors (Lipinski definition) is 0. The Balaban J connectivity index is 2.05. The van der Waals surface area contributed by atoms with Crippen LogP contribution < -0.4 is 0 Å². The summed E-state index contributed by atoms with van der Waals surface area (Å²) in [5, 5.41) is 0. The Labute approximate surface area is 79.1 Å². The molecule has 0 spiro atoms. The Morgan fingerprint density at radius 3 is 2.23 bits per heavy atom. The molecule has 4 heteroatoms. The average Bonchev–Trinajstić information content (AvgIpc) is 2.02. The zero-order chi connectivity index (χ0) is 9.52. The highest BCUT2D eigenvalue weighted by Crippen LogP contribution is 2.07. The van der Waals surface area contributed by atoms with E-state index in [-0.39, 0.29) is 12.4 Å². The van der Waals surface area contributed by atoms with Crippen LogP contribution in [0.25, 0.3) is 0 Å². The van der Waals surface area contributed by atoms with Gasteiger partial charge >= 0.3 is 0 Å².